The summed E-state index contributed by atoms with van der Waals surface area (Å²) in [7, 11) is 0. The van der Waals surface area contributed by atoms with Gasteiger partial charge in [0.25, 0.3) is 0 Å². The van der Waals surface area contributed by atoms with E-state index in [-0.39, 0.29) is 27.9 Å². The number of rotatable bonds is 2. The van der Waals surface area contributed by atoms with Crippen molar-refractivity contribution in [1.29, 1.82) is 0 Å². The Hall–Kier alpha value is -4.07. The molecule has 0 fully saturated rings. The number of carbonyl (C=O) groups excluding carboxylic acids is 2. The first-order valence-corrected chi connectivity index (χ1v) is 10.5. The van der Waals surface area contributed by atoms with Crippen molar-refractivity contribution in [3.05, 3.63) is 120 Å². The van der Waals surface area contributed by atoms with Crippen LogP contribution in [-0.2, 0) is 16.8 Å². The average Bonchev–Trinajstić information content (AvgIpc) is 2.86. The van der Waals surface area contributed by atoms with E-state index in [0.29, 0.717) is 0 Å². The zero-order chi connectivity index (χ0) is 24.5. The van der Waals surface area contributed by atoms with E-state index in [1.807, 2.05) is 26.0 Å². The fourth-order valence-electron chi connectivity index (χ4n) is 3.11. The quantitative estimate of drug-likeness (QED) is 0.337. The minimum atomic E-state index is -1.13. The summed E-state index contributed by atoms with van der Waals surface area (Å²) in [6.07, 6.45) is 0. The molecule has 0 atom stereocenters. The number of fused-ring (bicyclic) bond motifs is 3. The summed E-state index contributed by atoms with van der Waals surface area (Å²) in [4.78, 5) is 29.3. The van der Waals surface area contributed by atoms with Gasteiger partial charge in [0.05, 0.1) is 23.0 Å². The van der Waals surface area contributed by atoms with Crippen LogP contribution in [0.2, 0.25) is 0 Å². The molecule has 1 radical (unpaired) electrons. The average molecular weight is 509 g/mol. The largest absolute Gasteiger partial charge is 2.00 e. The van der Waals surface area contributed by atoms with E-state index in [2.05, 4.69) is 34.2 Å². The van der Waals surface area contributed by atoms with E-state index in [0.717, 1.165) is 33.2 Å². The first-order chi connectivity index (χ1) is 16.3. The summed E-state index contributed by atoms with van der Waals surface area (Å²) in [6, 6.07) is 28.6. The van der Waals surface area contributed by atoms with Gasteiger partial charge in [-0.15, -0.1) is 0 Å². The van der Waals surface area contributed by atoms with Gasteiger partial charge in [0.15, 0.2) is 0 Å². The predicted molar refractivity (Wildman–Crippen MR) is 128 cm³/mol. The number of hydrogen-bond donors (Lipinski definition) is 0. The minimum Gasteiger partial charge on any atom is -0.545 e. The van der Waals surface area contributed by atoms with Crippen molar-refractivity contribution in [2.24, 2.45) is 0 Å². The van der Waals surface area contributed by atoms with Crippen molar-refractivity contribution in [2.45, 2.75) is 13.8 Å². The Kier molecular flexibility index (Phi) is 10.1. The van der Waals surface area contributed by atoms with Gasteiger partial charge in [0, 0.05) is 22.2 Å². The van der Waals surface area contributed by atoms with Crippen LogP contribution in [0.25, 0.3) is 21.8 Å². The molecular weight excluding hydrogens is 487 g/mol. The number of carboxylic acids is 2. The van der Waals surface area contributed by atoms with Crippen molar-refractivity contribution < 1.29 is 36.6 Å². The zero-order valence-corrected chi connectivity index (χ0v) is 20.1. The van der Waals surface area contributed by atoms with Gasteiger partial charge in [-0.1, -0.05) is 84.9 Å². The fourth-order valence-corrected chi connectivity index (χ4v) is 3.11. The van der Waals surface area contributed by atoms with Crippen LogP contribution < -0.4 is 10.2 Å². The van der Waals surface area contributed by atoms with Crippen LogP contribution in [0.15, 0.2) is 97.1 Å². The van der Waals surface area contributed by atoms with Crippen LogP contribution in [0.3, 0.4) is 0 Å². The standard InChI is InChI=1S/C14H12N2.2C7H6O2.Co/c1-9-3-5-11-7-8-12-6-4-10(2)16-14(12)13(11)15-9;2*8-7(9)6-4-2-1-3-5-6;/h3-8H,1-2H3;2*1-5H,(H,8,9);/q;;;+2/p-2. The maximum Gasteiger partial charge on any atom is 2.00 e. The smallest absolute Gasteiger partial charge is 0.545 e. The second-order valence-electron chi connectivity index (χ2n) is 7.42. The maximum atomic E-state index is 10.1. The molecule has 0 saturated heterocycles. The Bertz CT molecular complexity index is 1310. The number of aromatic nitrogens is 2. The molecule has 0 aliphatic heterocycles. The molecule has 0 saturated carbocycles. The van der Waals surface area contributed by atoms with Crippen LogP contribution in [0.1, 0.15) is 32.1 Å². The van der Waals surface area contributed by atoms with Gasteiger partial charge in [0.2, 0.25) is 0 Å². The summed E-state index contributed by atoms with van der Waals surface area (Å²) in [6.45, 7) is 4.02. The second kappa shape index (κ2) is 13.0. The molecule has 177 valence electrons. The van der Waals surface area contributed by atoms with Gasteiger partial charge in [-0.25, -0.2) is 0 Å². The SMILES string of the molecule is Cc1ccc2ccc3ccc(C)nc3c2n1.O=C([O-])c1ccccc1.O=C([O-])c1ccccc1.[Co+2]. The Labute approximate surface area is 213 Å². The van der Waals surface area contributed by atoms with Crippen LogP contribution in [0.4, 0.5) is 0 Å². The second-order valence-corrected chi connectivity index (χ2v) is 7.42. The first kappa shape index (κ1) is 27.2. The maximum absolute atomic E-state index is 10.1. The molecule has 2 heterocycles. The molecule has 0 unspecified atom stereocenters. The van der Waals surface area contributed by atoms with E-state index < -0.39 is 11.9 Å². The Morgan fingerprint density at radius 3 is 1.14 bits per heavy atom. The van der Waals surface area contributed by atoms with E-state index in [1.165, 1.54) is 24.3 Å². The molecule has 0 N–H and O–H groups in total. The van der Waals surface area contributed by atoms with Crippen molar-refractivity contribution >= 4 is 33.7 Å². The Morgan fingerprint density at radius 2 is 0.857 bits per heavy atom. The van der Waals surface area contributed by atoms with Crippen molar-refractivity contribution in [1.82, 2.24) is 9.97 Å². The van der Waals surface area contributed by atoms with Gasteiger partial charge >= 0.3 is 16.8 Å². The monoisotopic (exact) mass is 509 g/mol. The number of aromatic carboxylic acids is 2. The number of aryl methyl sites for hydroxylation is 2. The molecule has 0 spiro atoms. The topological polar surface area (TPSA) is 106 Å². The molecule has 3 aromatic carbocycles. The molecule has 5 rings (SSSR count). The van der Waals surface area contributed by atoms with Gasteiger partial charge in [-0.05, 0) is 37.1 Å². The molecule has 6 nitrogen and oxygen atoms in total. The van der Waals surface area contributed by atoms with Gasteiger partial charge < -0.3 is 19.8 Å². The van der Waals surface area contributed by atoms with Gasteiger partial charge in [-0.2, -0.15) is 0 Å². The first-order valence-electron chi connectivity index (χ1n) is 10.5. The number of pyridine rings is 2. The van der Waals surface area contributed by atoms with E-state index in [9.17, 15) is 19.8 Å². The van der Waals surface area contributed by atoms with E-state index in [4.69, 9.17) is 0 Å². The minimum absolute atomic E-state index is 0. The third-order valence-electron chi connectivity index (χ3n) is 4.82. The van der Waals surface area contributed by atoms with Crippen molar-refractivity contribution in [2.75, 3.05) is 0 Å². The van der Waals surface area contributed by atoms with Crippen molar-refractivity contribution in [3.63, 3.8) is 0 Å². The number of nitrogens with zero attached hydrogens (tertiary/aromatic N) is 2. The summed E-state index contributed by atoms with van der Waals surface area (Å²) in [5, 5.41) is 22.5. The van der Waals surface area contributed by atoms with Crippen LogP contribution in [-0.4, -0.2) is 21.9 Å². The van der Waals surface area contributed by atoms with Crippen molar-refractivity contribution in [3.8, 4) is 0 Å². The molecular formula is C28H22CoN2O4. The van der Waals surface area contributed by atoms with Gasteiger partial charge in [0.1, 0.15) is 0 Å². The third kappa shape index (κ3) is 7.74. The Morgan fingerprint density at radius 1 is 0.543 bits per heavy atom. The molecule has 0 aliphatic carbocycles. The number of carbonyl (C=O) groups is 2. The molecule has 35 heavy (non-hydrogen) atoms. The molecule has 2 aromatic heterocycles. The molecule has 0 bridgehead atoms. The molecule has 0 amide bonds. The van der Waals surface area contributed by atoms with Crippen LogP contribution >= 0.6 is 0 Å². The van der Waals surface area contributed by atoms with E-state index >= 15 is 0 Å². The predicted octanol–water partition coefficient (Wildman–Crippen LogP) is 3.50. The molecule has 7 heteroatoms. The molecule has 0 aliphatic rings. The number of benzene rings is 3. The summed E-state index contributed by atoms with van der Waals surface area (Å²) in [5.74, 6) is -2.26. The molecule has 5 aromatic rings. The Balaban J connectivity index is 0.000000197. The summed E-state index contributed by atoms with van der Waals surface area (Å²) < 4.78 is 0. The summed E-state index contributed by atoms with van der Waals surface area (Å²) in [5.41, 5.74) is 4.50. The summed E-state index contributed by atoms with van der Waals surface area (Å²) >= 11 is 0. The number of carboxylic acid groups (broad SMARTS) is 2. The number of hydrogen-bond acceptors (Lipinski definition) is 6. The van der Waals surface area contributed by atoms with Crippen LogP contribution in [0.5, 0.6) is 0 Å². The van der Waals surface area contributed by atoms with E-state index in [1.54, 1.807) is 36.4 Å². The fraction of sp³-hybridized carbons (Fsp3) is 0.0714. The third-order valence-corrected chi connectivity index (χ3v) is 4.82. The zero-order valence-electron chi connectivity index (χ0n) is 19.1. The van der Waals surface area contributed by atoms with Crippen LogP contribution in [0, 0.1) is 13.8 Å². The normalized spacial score (nSPS) is 9.66. The van der Waals surface area contributed by atoms with Gasteiger partial charge in [-0.3, -0.25) is 9.97 Å².